The van der Waals surface area contributed by atoms with E-state index in [9.17, 15) is 0 Å². The van der Waals surface area contributed by atoms with Crippen molar-refractivity contribution in [3.8, 4) is 0 Å². The van der Waals surface area contributed by atoms with Crippen LogP contribution in [0.5, 0.6) is 0 Å². The predicted octanol–water partition coefficient (Wildman–Crippen LogP) is 4.21. The number of hydrogen-bond acceptors (Lipinski definition) is 3. The summed E-state index contributed by atoms with van der Waals surface area (Å²) in [5, 5.41) is 3.61. The monoisotopic (exact) mass is 315 g/mol. The van der Waals surface area contributed by atoms with Crippen LogP contribution >= 0.6 is 0 Å². The molecule has 0 atom stereocenters. The summed E-state index contributed by atoms with van der Waals surface area (Å²) in [7, 11) is 0. The summed E-state index contributed by atoms with van der Waals surface area (Å²) in [6, 6.07) is 9.07. The largest absolute Gasteiger partial charge is 0.385 e. The number of nitrogens with zero attached hydrogens (tertiary/aromatic N) is 2. The van der Waals surface area contributed by atoms with E-state index in [1.807, 2.05) is 0 Å². The highest BCUT2D eigenvalue weighted by atomic mass is 15.3. The van der Waals surface area contributed by atoms with Gasteiger partial charge in [0.25, 0.3) is 0 Å². The second-order valence-electron chi connectivity index (χ2n) is 7.19. The molecule has 0 radical (unpaired) electrons. The van der Waals surface area contributed by atoms with Crippen molar-refractivity contribution in [1.29, 1.82) is 0 Å². The molecule has 3 heteroatoms. The molecule has 0 bridgehead atoms. The van der Waals surface area contributed by atoms with Crippen LogP contribution in [0.1, 0.15) is 45.4 Å². The molecule has 0 aromatic heterocycles. The number of likely N-dealkylation sites (N-methyl/N-ethyl adjacent to an activating group) is 1. The maximum atomic E-state index is 3.61. The molecule has 23 heavy (non-hydrogen) atoms. The Bertz CT molecular complexity index is 442. The Morgan fingerprint density at radius 2 is 1.65 bits per heavy atom. The Balaban J connectivity index is 1.42. The second-order valence-corrected chi connectivity index (χ2v) is 7.19. The fourth-order valence-electron chi connectivity index (χ4n) is 4.01. The van der Waals surface area contributed by atoms with Crippen LogP contribution in [-0.2, 0) is 0 Å². The topological polar surface area (TPSA) is 18.5 Å². The van der Waals surface area contributed by atoms with Crippen molar-refractivity contribution in [2.24, 2.45) is 5.92 Å². The van der Waals surface area contributed by atoms with E-state index in [2.05, 4.69) is 46.3 Å². The second kappa shape index (κ2) is 8.58. The third-order valence-corrected chi connectivity index (χ3v) is 5.66. The third-order valence-electron chi connectivity index (χ3n) is 5.66. The van der Waals surface area contributed by atoms with Gasteiger partial charge in [-0.05, 0) is 43.1 Å². The first-order valence-corrected chi connectivity index (χ1v) is 9.66. The van der Waals surface area contributed by atoms with Crippen LogP contribution in [0.25, 0.3) is 0 Å². The van der Waals surface area contributed by atoms with Gasteiger partial charge in [0.05, 0.1) is 0 Å². The van der Waals surface area contributed by atoms with E-state index in [0.717, 1.165) is 25.6 Å². The molecule has 1 aromatic carbocycles. The SMILES string of the molecule is CCN1CCN(c2ccc(NCCC3CCCCC3)cc2)CC1. The standard InChI is InChI=1S/C20H33N3/c1-2-22-14-16-23(17-15-22)20-10-8-19(9-11-20)21-13-12-18-6-4-3-5-7-18/h8-11,18,21H,2-7,12-17H2,1H3. The molecule has 2 fully saturated rings. The van der Waals surface area contributed by atoms with Gasteiger partial charge in [0, 0.05) is 44.1 Å². The van der Waals surface area contributed by atoms with Crippen molar-refractivity contribution in [1.82, 2.24) is 4.90 Å². The molecule has 128 valence electrons. The van der Waals surface area contributed by atoms with Gasteiger partial charge in [0.1, 0.15) is 0 Å². The van der Waals surface area contributed by atoms with E-state index in [1.54, 1.807) is 0 Å². The summed E-state index contributed by atoms with van der Waals surface area (Å²) in [5.74, 6) is 0.963. The number of nitrogens with one attached hydrogen (secondary N) is 1. The molecule has 0 spiro atoms. The zero-order valence-corrected chi connectivity index (χ0v) is 14.8. The van der Waals surface area contributed by atoms with Crippen LogP contribution < -0.4 is 10.2 Å². The van der Waals surface area contributed by atoms with Gasteiger partial charge in [0.2, 0.25) is 0 Å². The quantitative estimate of drug-likeness (QED) is 0.848. The molecule has 1 saturated carbocycles. The van der Waals surface area contributed by atoms with Crippen LogP contribution in [0.3, 0.4) is 0 Å². The summed E-state index contributed by atoms with van der Waals surface area (Å²) in [4.78, 5) is 5.04. The van der Waals surface area contributed by atoms with Gasteiger partial charge < -0.3 is 15.1 Å². The smallest absolute Gasteiger partial charge is 0.0368 e. The van der Waals surface area contributed by atoms with Gasteiger partial charge in [-0.3, -0.25) is 0 Å². The normalized spacial score (nSPS) is 20.7. The Kier molecular flexibility index (Phi) is 6.21. The zero-order valence-electron chi connectivity index (χ0n) is 14.8. The molecule has 1 saturated heterocycles. The molecule has 3 rings (SSSR count). The molecular formula is C20H33N3. The lowest BCUT2D eigenvalue weighted by molar-refractivity contribution is 0.271. The fraction of sp³-hybridized carbons (Fsp3) is 0.700. The minimum absolute atomic E-state index is 0.963. The van der Waals surface area contributed by atoms with E-state index in [-0.39, 0.29) is 0 Å². The number of anilines is 2. The van der Waals surface area contributed by atoms with Gasteiger partial charge >= 0.3 is 0 Å². The summed E-state index contributed by atoms with van der Waals surface area (Å²) in [5.41, 5.74) is 2.65. The van der Waals surface area contributed by atoms with Crippen molar-refractivity contribution >= 4 is 11.4 Å². The average Bonchev–Trinajstić information content (AvgIpc) is 2.63. The maximum Gasteiger partial charge on any atom is 0.0368 e. The van der Waals surface area contributed by atoms with Gasteiger partial charge in [-0.2, -0.15) is 0 Å². The molecule has 2 aliphatic rings. The van der Waals surface area contributed by atoms with Crippen LogP contribution in [-0.4, -0.2) is 44.2 Å². The lowest BCUT2D eigenvalue weighted by Gasteiger charge is -2.35. The number of hydrogen-bond donors (Lipinski definition) is 1. The highest BCUT2D eigenvalue weighted by Gasteiger charge is 2.16. The van der Waals surface area contributed by atoms with Crippen LogP contribution in [0.2, 0.25) is 0 Å². The lowest BCUT2D eigenvalue weighted by atomic mass is 9.87. The minimum Gasteiger partial charge on any atom is -0.385 e. The first-order valence-electron chi connectivity index (χ1n) is 9.66. The van der Waals surface area contributed by atoms with Gasteiger partial charge in [-0.25, -0.2) is 0 Å². The summed E-state index contributed by atoms with van der Waals surface area (Å²) >= 11 is 0. The molecule has 1 aliphatic carbocycles. The van der Waals surface area contributed by atoms with E-state index in [1.165, 1.54) is 69.5 Å². The van der Waals surface area contributed by atoms with E-state index in [4.69, 9.17) is 0 Å². The summed E-state index contributed by atoms with van der Waals surface area (Å²) in [6.07, 6.45) is 8.59. The highest BCUT2D eigenvalue weighted by molar-refractivity contribution is 5.55. The Labute approximate surface area is 142 Å². The van der Waals surface area contributed by atoms with Crippen molar-refractivity contribution in [2.75, 3.05) is 49.5 Å². The van der Waals surface area contributed by atoms with Crippen LogP contribution in [0, 0.1) is 5.92 Å². The van der Waals surface area contributed by atoms with Crippen LogP contribution in [0.4, 0.5) is 11.4 Å². The predicted molar refractivity (Wildman–Crippen MR) is 100 cm³/mol. The molecular weight excluding hydrogens is 282 g/mol. The molecule has 1 aromatic rings. The fourth-order valence-corrected chi connectivity index (χ4v) is 4.01. The first-order chi connectivity index (χ1) is 11.3. The average molecular weight is 316 g/mol. The Hall–Kier alpha value is -1.22. The van der Waals surface area contributed by atoms with Gasteiger partial charge in [-0.1, -0.05) is 39.0 Å². The lowest BCUT2D eigenvalue weighted by Crippen LogP contribution is -2.46. The zero-order chi connectivity index (χ0) is 15.9. The van der Waals surface area contributed by atoms with Crippen LogP contribution in [0.15, 0.2) is 24.3 Å². The molecule has 1 heterocycles. The Morgan fingerprint density at radius 1 is 0.957 bits per heavy atom. The van der Waals surface area contributed by atoms with Gasteiger partial charge in [-0.15, -0.1) is 0 Å². The molecule has 3 nitrogen and oxygen atoms in total. The van der Waals surface area contributed by atoms with E-state index >= 15 is 0 Å². The molecule has 0 amide bonds. The van der Waals surface area contributed by atoms with Crippen molar-refractivity contribution in [3.63, 3.8) is 0 Å². The van der Waals surface area contributed by atoms with Crippen molar-refractivity contribution in [2.45, 2.75) is 45.4 Å². The summed E-state index contributed by atoms with van der Waals surface area (Å²) < 4.78 is 0. The number of piperazine rings is 1. The van der Waals surface area contributed by atoms with E-state index in [0.29, 0.717) is 0 Å². The molecule has 1 aliphatic heterocycles. The van der Waals surface area contributed by atoms with Gasteiger partial charge in [0.15, 0.2) is 0 Å². The Morgan fingerprint density at radius 3 is 2.30 bits per heavy atom. The molecule has 1 N–H and O–H groups in total. The number of rotatable bonds is 6. The first kappa shape index (κ1) is 16.6. The van der Waals surface area contributed by atoms with Crippen molar-refractivity contribution < 1.29 is 0 Å². The minimum atomic E-state index is 0.963. The highest BCUT2D eigenvalue weighted by Crippen LogP contribution is 2.26. The number of benzene rings is 1. The third kappa shape index (κ3) is 4.87. The summed E-state index contributed by atoms with van der Waals surface area (Å²) in [6.45, 7) is 9.25. The van der Waals surface area contributed by atoms with Crippen molar-refractivity contribution in [3.05, 3.63) is 24.3 Å². The van der Waals surface area contributed by atoms with E-state index < -0.39 is 0 Å². The molecule has 0 unspecified atom stereocenters. The maximum absolute atomic E-state index is 3.61.